The van der Waals surface area contributed by atoms with Crippen LogP contribution in [0.4, 0.5) is 11.5 Å². The van der Waals surface area contributed by atoms with Crippen molar-refractivity contribution in [3.8, 4) is 0 Å². The zero-order valence-electron chi connectivity index (χ0n) is 10.3. The molecule has 3 rings (SSSR count). The van der Waals surface area contributed by atoms with Crippen LogP contribution in [-0.2, 0) is 0 Å². The molecule has 6 heteroatoms. The Morgan fingerprint density at radius 3 is 2.72 bits per heavy atom. The quantitative estimate of drug-likeness (QED) is 0.623. The van der Waals surface area contributed by atoms with Gasteiger partial charge in [-0.15, -0.1) is 0 Å². The lowest BCUT2D eigenvalue weighted by Gasteiger charge is -2.18. The van der Waals surface area contributed by atoms with Crippen LogP contribution >= 0.6 is 0 Å². The number of rotatable bonds is 2. The van der Waals surface area contributed by atoms with Crippen molar-refractivity contribution >= 4 is 11.5 Å². The number of pyridine rings is 1. The lowest BCUT2D eigenvalue weighted by atomic mass is 10.0. The van der Waals surface area contributed by atoms with Gasteiger partial charge < -0.3 is 10.2 Å². The molecule has 2 saturated heterocycles. The Hall–Kier alpha value is -1.69. The van der Waals surface area contributed by atoms with Crippen molar-refractivity contribution in [1.29, 1.82) is 0 Å². The molecule has 0 spiro atoms. The molecule has 0 aliphatic carbocycles. The van der Waals surface area contributed by atoms with Gasteiger partial charge in [-0.1, -0.05) is 0 Å². The van der Waals surface area contributed by atoms with Gasteiger partial charge in [0.25, 0.3) is 0 Å². The molecule has 6 nitrogen and oxygen atoms in total. The van der Waals surface area contributed by atoms with Gasteiger partial charge in [-0.25, -0.2) is 4.98 Å². The molecule has 2 fully saturated rings. The molecule has 1 N–H and O–H groups in total. The molecule has 0 bridgehead atoms. The van der Waals surface area contributed by atoms with Crippen molar-refractivity contribution in [2.75, 3.05) is 31.1 Å². The summed E-state index contributed by atoms with van der Waals surface area (Å²) in [4.78, 5) is 17.1. The number of hydrogen-bond acceptors (Lipinski definition) is 5. The highest BCUT2D eigenvalue weighted by Crippen LogP contribution is 2.34. The van der Waals surface area contributed by atoms with Crippen molar-refractivity contribution < 1.29 is 4.92 Å². The SMILES string of the molecule is Cc1cnc(N2CC3CNCC3C2)c([N+](=O)[O-])c1. The Labute approximate surface area is 105 Å². The van der Waals surface area contributed by atoms with Crippen LogP contribution in [0.25, 0.3) is 0 Å². The molecule has 2 atom stereocenters. The van der Waals surface area contributed by atoms with Crippen LogP contribution in [-0.4, -0.2) is 36.1 Å². The smallest absolute Gasteiger partial charge is 0.311 e. The van der Waals surface area contributed by atoms with Gasteiger partial charge in [-0.05, 0) is 24.3 Å². The second-order valence-electron chi connectivity index (χ2n) is 5.20. The molecule has 2 aliphatic heterocycles. The topological polar surface area (TPSA) is 71.3 Å². The van der Waals surface area contributed by atoms with Gasteiger partial charge >= 0.3 is 5.69 Å². The van der Waals surface area contributed by atoms with E-state index in [0.29, 0.717) is 17.7 Å². The van der Waals surface area contributed by atoms with Gasteiger partial charge in [-0.3, -0.25) is 10.1 Å². The van der Waals surface area contributed by atoms with E-state index in [4.69, 9.17) is 0 Å². The summed E-state index contributed by atoms with van der Waals surface area (Å²) in [6, 6.07) is 1.61. The maximum absolute atomic E-state index is 11.1. The minimum atomic E-state index is -0.332. The first kappa shape index (κ1) is 11.4. The molecule has 0 radical (unpaired) electrons. The summed E-state index contributed by atoms with van der Waals surface area (Å²) in [7, 11) is 0. The van der Waals surface area contributed by atoms with Crippen LogP contribution in [0.1, 0.15) is 5.56 Å². The van der Waals surface area contributed by atoms with Crippen molar-refractivity contribution in [2.45, 2.75) is 6.92 Å². The van der Waals surface area contributed by atoms with E-state index in [9.17, 15) is 10.1 Å². The van der Waals surface area contributed by atoms with E-state index in [1.54, 1.807) is 12.3 Å². The maximum Gasteiger partial charge on any atom is 0.311 e. The summed E-state index contributed by atoms with van der Waals surface area (Å²) in [5.74, 6) is 1.74. The molecular formula is C12H16N4O2. The maximum atomic E-state index is 11.1. The summed E-state index contributed by atoms with van der Waals surface area (Å²) < 4.78 is 0. The Bertz CT molecular complexity index is 479. The van der Waals surface area contributed by atoms with Crippen LogP contribution in [0.15, 0.2) is 12.3 Å². The van der Waals surface area contributed by atoms with Gasteiger partial charge in [0.1, 0.15) is 0 Å². The zero-order chi connectivity index (χ0) is 12.7. The lowest BCUT2D eigenvalue weighted by molar-refractivity contribution is -0.384. The van der Waals surface area contributed by atoms with Crippen molar-refractivity contribution in [2.24, 2.45) is 11.8 Å². The molecule has 2 aliphatic rings. The van der Waals surface area contributed by atoms with Crippen LogP contribution in [0.2, 0.25) is 0 Å². The van der Waals surface area contributed by atoms with Crippen LogP contribution in [0.5, 0.6) is 0 Å². The number of aryl methyl sites for hydroxylation is 1. The number of fused-ring (bicyclic) bond motifs is 1. The zero-order valence-corrected chi connectivity index (χ0v) is 10.3. The van der Waals surface area contributed by atoms with E-state index in [-0.39, 0.29) is 10.6 Å². The molecule has 3 heterocycles. The third kappa shape index (κ3) is 1.82. The molecule has 1 aromatic heterocycles. The molecule has 2 unspecified atom stereocenters. The first-order valence-corrected chi connectivity index (χ1v) is 6.22. The summed E-state index contributed by atoms with van der Waals surface area (Å²) >= 11 is 0. The highest BCUT2D eigenvalue weighted by molar-refractivity contribution is 5.59. The van der Waals surface area contributed by atoms with E-state index in [1.807, 2.05) is 6.92 Å². The minimum Gasteiger partial charge on any atom is -0.350 e. The molecule has 1 aromatic rings. The predicted octanol–water partition coefficient (Wildman–Crippen LogP) is 0.954. The van der Waals surface area contributed by atoms with Crippen LogP contribution in [0, 0.1) is 28.9 Å². The number of nitrogens with zero attached hydrogens (tertiary/aromatic N) is 3. The number of aromatic nitrogens is 1. The number of anilines is 1. The van der Waals surface area contributed by atoms with Crippen molar-refractivity contribution in [3.63, 3.8) is 0 Å². The van der Waals surface area contributed by atoms with Crippen molar-refractivity contribution in [1.82, 2.24) is 10.3 Å². The third-order valence-electron chi connectivity index (χ3n) is 3.87. The van der Waals surface area contributed by atoms with Gasteiger partial charge in [0.05, 0.1) is 4.92 Å². The molecule has 0 saturated carbocycles. The second kappa shape index (κ2) is 4.20. The Balaban J connectivity index is 1.90. The molecule has 0 amide bonds. The fourth-order valence-electron chi connectivity index (χ4n) is 2.95. The largest absolute Gasteiger partial charge is 0.350 e. The fourth-order valence-corrected chi connectivity index (χ4v) is 2.95. The molecule has 96 valence electrons. The minimum absolute atomic E-state index is 0.128. The normalized spacial score (nSPS) is 26.4. The molecule has 0 aromatic carbocycles. The third-order valence-corrected chi connectivity index (χ3v) is 3.87. The predicted molar refractivity (Wildman–Crippen MR) is 67.7 cm³/mol. The Morgan fingerprint density at radius 1 is 1.44 bits per heavy atom. The number of hydrogen-bond donors (Lipinski definition) is 1. The average molecular weight is 248 g/mol. The van der Waals surface area contributed by atoms with E-state index >= 15 is 0 Å². The Morgan fingerprint density at radius 2 is 2.11 bits per heavy atom. The van der Waals surface area contributed by atoms with Gasteiger partial charge in [0, 0.05) is 38.4 Å². The lowest BCUT2D eigenvalue weighted by Crippen LogP contribution is -2.26. The second-order valence-corrected chi connectivity index (χ2v) is 5.20. The van der Waals surface area contributed by atoms with Gasteiger partial charge in [0.15, 0.2) is 0 Å². The summed E-state index contributed by atoms with van der Waals surface area (Å²) in [5, 5.41) is 14.5. The van der Waals surface area contributed by atoms with E-state index < -0.39 is 0 Å². The Kier molecular flexibility index (Phi) is 2.66. The van der Waals surface area contributed by atoms with E-state index in [0.717, 1.165) is 31.7 Å². The van der Waals surface area contributed by atoms with E-state index in [1.165, 1.54) is 0 Å². The monoisotopic (exact) mass is 248 g/mol. The summed E-state index contributed by atoms with van der Waals surface area (Å²) in [6.45, 7) is 5.59. The first-order valence-electron chi connectivity index (χ1n) is 6.22. The van der Waals surface area contributed by atoms with Crippen LogP contribution < -0.4 is 10.2 Å². The van der Waals surface area contributed by atoms with Gasteiger partial charge in [0.2, 0.25) is 5.82 Å². The average Bonchev–Trinajstić information content (AvgIpc) is 2.88. The highest BCUT2D eigenvalue weighted by atomic mass is 16.6. The molecule has 18 heavy (non-hydrogen) atoms. The van der Waals surface area contributed by atoms with E-state index in [2.05, 4.69) is 15.2 Å². The fraction of sp³-hybridized carbons (Fsp3) is 0.583. The molecular weight excluding hydrogens is 232 g/mol. The summed E-state index contributed by atoms with van der Waals surface area (Å²) in [5.41, 5.74) is 0.953. The first-order chi connectivity index (χ1) is 8.65. The van der Waals surface area contributed by atoms with Gasteiger partial charge in [-0.2, -0.15) is 0 Å². The number of nitro groups is 1. The van der Waals surface area contributed by atoms with Crippen LogP contribution in [0.3, 0.4) is 0 Å². The summed E-state index contributed by atoms with van der Waals surface area (Å²) in [6.07, 6.45) is 1.70. The highest BCUT2D eigenvalue weighted by Gasteiger charge is 2.38. The number of nitrogens with one attached hydrogen (secondary N) is 1. The standard InChI is InChI=1S/C12H16N4O2/c1-8-2-11(16(17)18)12(14-3-8)15-6-9-4-13-5-10(9)7-15/h2-3,9-10,13H,4-7H2,1H3. The van der Waals surface area contributed by atoms with Crippen molar-refractivity contribution in [3.05, 3.63) is 27.9 Å².